The summed E-state index contributed by atoms with van der Waals surface area (Å²) in [6, 6.07) is 14.3. The van der Waals surface area contributed by atoms with Crippen molar-refractivity contribution >= 4 is 16.8 Å². The molecular weight excluding hydrogens is 381 g/mol. The molecule has 4 nitrogen and oxygen atoms in total. The number of carbonyl (C=O) groups is 1. The number of fused-ring (bicyclic) bond motifs is 1. The molecule has 0 spiro atoms. The summed E-state index contributed by atoms with van der Waals surface area (Å²) in [5.41, 5.74) is 0.627. The van der Waals surface area contributed by atoms with Crippen molar-refractivity contribution in [3.63, 3.8) is 0 Å². The van der Waals surface area contributed by atoms with Crippen LogP contribution in [0, 0.1) is 0 Å². The van der Waals surface area contributed by atoms with Gasteiger partial charge in [0.25, 0.3) is 0 Å². The van der Waals surface area contributed by atoms with Crippen molar-refractivity contribution in [3.8, 4) is 5.75 Å². The Labute approximate surface area is 165 Å². The maximum absolute atomic E-state index is 12.7. The highest BCUT2D eigenvalue weighted by molar-refractivity contribution is 5.84. The Kier molecular flexibility index (Phi) is 5.13. The van der Waals surface area contributed by atoms with Crippen LogP contribution in [0.4, 0.5) is 13.2 Å². The van der Waals surface area contributed by atoms with E-state index >= 15 is 0 Å². The van der Waals surface area contributed by atoms with Crippen LogP contribution < -0.4 is 4.74 Å². The van der Waals surface area contributed by atoms with Crippen molar-refractivity contribution in [2.45, 2.75) is 25.1 Å². The van der Waals surface area contributed by atoms with Gasteiger partial charge in [0.2, 0.25) is 5.91 Å². The van der Waals surface area contributed by atoms with Gasteiger partial charge < -0.3 is 9.64 Å². The summed E-state index contributed by atoms with van der Waals surface area (Å²) in [5, 5.41) is 0.984. The van der Waals surface area contributed by atoms with Crippen molar-refractivity contribution < 1.29 is 22.7 Å². The number of likely N-dealkylation sites (tertiary alicyclic amines) is 1. The van der Waals surface area contributed by atoms with Crippen LogP contribution in [0.2, 0.25) is 0 Å². The highest BCUT2D eigenvalue weighted by atomic mass is 19.4. The quantitative estimate of drug-likeness (QED) is 0.649. The van der Waals surface area contributed by atoms with Gasteiger partial charge in [-0.2, -0.15) is 13.2 Å². The molecule has 0 bridgehead atoms. The predicted molar refractivity (Wildman–Crippen MR) is 103 cm³/mol. The van der Waals surface area contributed by atoms with E-state index < -0.39 is 11.7 Å². The first-order valence-corrected chi connectivity index (χ1v) is 9.34. The second kappa shape index (κ2) is 7.73. The number of halogens is 3. The second-order valence-electron chi connectivity index (χ2n) is 7.07. The molecule has 1 fully saturated rings. The van der Waals surface area contributed by atoms with E-state index in [1.165, 1.54) is 12.1 Å². The molecule has 1 amide bonds. The van der Waals surface area contributed by atoms with Crippen LogP contribution >= 0.6 is 0 Å². The number of hydrogen-bond donors (Lipinski definition) is 0. The molecule has 1 saturated heterocycles. The van der Waals surface area contributed by atoms with Crippen molar-refractivity contribution in [3.05, 3.63) is 71.9 Å². The number of amides is 1. The lowest BCUT2D eigenvalue weighted by Gasteiger charge is -2.18. The van der Waals surface area contributed by atoms with E-state index in [0.717, 1.165) is 23.0 Å². The molecule has 1 aliphatic heterocycles. The van der Waals surface area contributed by atoms with Gasteiger partial charge in [0, 0.05) is 24.5 Å². The summed E-state index contributed by atoms with van der Waals surface area (Å²) in [4.78, 5) is 18.6. The fourth-order valence-corrected chi connectivity index (χ4v) is 3.50. The summed E-state index contributed by atoms with van der Waals surface area (Å²) in [5.74, 6) is 0.567. The summed E-state index contributed by atoms with van der Waals surface area (Å²) < 4.78 is 44.1. The Hall–Kier alpha value is -3.09. The van der Waals surface area contributed by atoms with Gasteiger partial charge >= 0.3 is 6.18 Å². The molecule has 150 valence electrons. The van der Waals surface area contributed by atoms with Crippen LogP contribution in [-0.2, 0) is 17.4 Å². The number of carbonyl (C=O) groups excluding carboxylic acids is 1. The number of pyridine rings is 1. The van der Waals surface area contributed by atoms with Gasteiger partial charge in [-0.25, -0.2) is 0 Å². The molecule has 1 aliphatic rings. The molecule has 0 radical (unpaired) electrons. The second-order valence-corrected chi connectivity index (χ2v) is 7.07. The number of benzene rings is 2. The zero-order valence-electron chi connectivity index (χ0n) is 15.5. The normalized spacial score (nSPS) is 16.9. The highest BCUT2D eigenvalue weighted by Crippen LogP contribution is 2.29. The minimum atomic E-state index is -4.38. The van der Waals surface area contributed by atoms with Gasteiger partial charge in [-0.05, 0) is 29.8 Å². The number of aromatic nitrogens is 1. The molecule has 0 saturated carbocycles. The maximum atomic E-state index is 12.7. The summed E-state index contributed by atoms with van der Waals surface area (Å²) in [7, 11) is 0. The van der Waals surface area contributed by atoms with Gasteiger partial charge in [-0.1, -0.05) is 30.3 Å². The van der Waals surface area contributed by atoms with Crippen LogP contribution in [0.1, 0.15) is 17.5 Å². The summed E-state index contributed by atoms with van der Waals surface area (Å²) in [6.07, 6.45) is -2.04. The van der Waals surface area contributed by atoms with E-state index in [2.05, 4.69) is 4.98 Å². The first-order chi connectivity index (χ1) is 13.9. The molecule has 1 aromatic heterocycles. The van der Waals surface area contributed by atoms with Crippen molar-refractivity contribution in [2.75, 3.05) is 13.1 Å². The molecule has 0 N–H and O–H groups in total. The number of nitrogens with zero attached hydrogens (tertiary/aromatic N) is 2. The van der Waals surface area contributed by atoms with Crippen LogP contribution in [0.25, 0.3) is 10.9 Å². The summed E-state index contributed by atoms with van der Waals surface area (Å²) in [6.45, 7) is 1.00. The number of para-hydroxylation sites is 1. The topological polar surface area (TPSA) is 42.4 Å². The molecule has 0 aliphatic carbocycles. The van der Waals surface area contributed by atoms with Gasteiger partial charge in [0.1, 0.15) is 17.4 Å². The van der Waals surface area contributed by atoms with E-state index in [1.54, 1.807) is 11.1 Å². The molecule has 4 rings (SSSR count). The van der Waals surface area contributed by atoms with E-state index in [0.29, 0.717) is 30.8 Å². The SMILES string of the molecule is O=C(Cc1ccc(C(F)(F)F)cc1)N1CCC(Oc2cccc3cccnc23)C1. The smallest absolute Gasteiger partial charge is 0.416 e. The van der Waals surface area contributed by atoms with Crippen LogP contribution in [0.5, 0.6) is 5.75 Å². The Morgan fingerprint density at radius 3 is 2.62 bits per heavy atom. The lowest BCUT2D eigenvalue weighted by molar-refractivity contribution is -0.137. The minimum Gasteiger partial charge on any atom is -0.486 e. The Bertz CT molecular complexity index is 1010. The molecule has 1 atom stereocenters. The first-order valence-electron chi connectivity index (χ1n) is 9.34. The van der Waals surface area contributed by atoms with Crippen LogP contribution in [-0.4, -0.2) is 35.0 Å². The summed E-state index contributed by atoms with van der Waals surface area (Å²) >= 11 is 0. The lowest BCUT2D eigenvalue weighted by atomic mass is 10.1. The highest BCUT2D eigenvalue weighted by Gasteiger charge is 2.31. The van der Waals surface area contributed by atoms with Crippen LogP contribution in [0.3, 0.4) is 0 Å². The lowest BCUT2D eigenvalue weighted by Crippen LogP contribution is -2.32. The standard InChI is InChI=1S/C22H19F3N2O2/c23-22(24,25)17-8-6-15(7-9-17)13-20(28)27-12-10-18(14-27)29-19-5-1-3-16-4-2-11-26-21(16)19/h1-9,11,18H,10,12-14H2. The molecule has 7 heteroatoms. The number of rotatable bonds is 4. The number of alkyl halides is 3. The molecule has 3 aromatic rings. The van der Waals surface area contributed by atoms with E-state index in [9.17, 15) is 18.0 Å². The van der Waals surface area contributed by atoms with Crippen molar-refractivity contribution in [1.29, 1.82) is 0 Å². The largest absolute Gasteiger partial charge is 0.486 e. The number of ether oxygens (including phenoxy) is 1. The third-order valence-corrected chi connectivity index (χ3v) is 5.02. The fraction of sp³-hybridized carbons (Fsp3) is 0.273. The van der Waals surface area contributed by atoms with Gasteiger partial charge in [-0.15, -0.1) is 0 Å². The maximum Gasteiger partial charge on any atom is 0.416 e. The third kappa shape index (κ3) is 4.34. The van der Waals surface area contributed by atoms with E-state index in [1.807, 2.05) is 30.3 Å². The molecule has 2 aromatic carbocycles. The fourth-order valence-electron chi connectivity index (χ4n) is 3.50. The minimum absolute atomic E-state index is 0.0701. The average Bonchev–Trinajstić information content (AvgIpc) is 3.17. The molecule has 1 unspecified atom stereocenters. The first kappa shape index (κ1) is 19.2. The Morgan fingerprint density at radius 2 is 1.86 bits per heavy atom. The van der Waals surface area contributed by atoms with Gasteiger partial charge in [0.15, 0.2) is 0 Å². The van der Waals surface area contributed by atoms with Crippen LogP contribution in [0.15, 0.2) is 60.8 Å². The number of hydrogen-bond acceptors (Lipinski definition) is 3. The van der Waals surface area contributed by atoms with E-state index in [4.69, 9.17) is 4.74 Å². The van der Waals surface area contributed by atoms with Crippen molar-refractivity contribution in [1.82, 2.24) is 9.88 Å². The predicted octanol–water partition coefficient (Wildman–Crippen LogP) is 4.48. The van der Waals surface area contributed by atoms with E-state index in [-0.39, 0.29) is 18.4 Å². The van der Waals surface area contributed by atoms with Gasteiger partial charge in [0.05, 0.1) is 18.5 Å². The third-order valence-electron chi connectivity index (χ3n) is 5.02. The molecule has 29 heavy (non-hydrogen) atoms. The van der Waals surface area contributed by atoms with Crippen molar-refractivity contribution in [2.24, 2.45) is 0 Å². The zero-order valence-corrected chi connectivity index (χ0v) is 15.5. The van der Waals surface area contributed by atoms with Gasteiger partial charge in [-0.3, -0.25) is 9.78 Å². The molecular formula is C22H19F3N2O2. The average molecular weight is 400 g/mol. The monoisotopic (exact) mass is 400 g/mol. The Balaban J connectivity index is 1.37. The Morgan fingerprint density at radius 1 is 1.10 bits per heavy atom. The molecule has 2 heterocycles. The zero-order chi connectivity index (χ0) is 20.4.